The second kappa shape index (κ2) is 7.59. The molecular formula is C21H21BrN2O4S. The van der Waals surface area contributed by atoms with Gasteiger partial charge in [0.1, 0.15) is 5.58 Å². The lowest BCUT2D eigenvalue weighted by molar-refractivity contribution is 0.0668. The first-order valence-electron chi connectivity index (χ1n) is 9.31. The highest BCUT2D eigenvalue weighted by atomic mass is 79.9. The molecule has 0 N–H and O–H groups in total. The Kier molecular flexibility index (Phi) is 5.27. The fourth-order valence-corrected chi connectivity index (χ4v) is 5.64. The maximum Gasteiger partial charge on any atom is 0.289 e. The highest BCUT2D eigenvalue weighted by Crippen LogP contribution is 2.26. The minimum Gasteiger partial charge on any atom is -0.451 e. The molecule has 0 radical (unpaired) electrons. The molecule has 1 fully saturated rings. The van der Waals surface area contributed by atoms with Crippen LogP contribution < -0.4 is 0 Å². The van der Waals surface area contributed by atoms with E-state index < -0.39 is 10.0 Å². The summed E-state index contributed by atoms with van der Waals surface area (Å²) in [6.07, 6.45) is 0. The number of sulfonamides is 1. The summed E-state index contributed by atoms with van der Waals surface area (Å²) in [4.78, 5) is 14.8. The molecule has 29 heavy (non-hydrogen) atoms. The first kappa shape index (κ1) is 20.1. The molecule has 1 amide bonds. The van der Waals surface area contributed by atoms with E-state index in [4.69, 9.17) is 4.42 Å². The number of nitrogens with zero attached hydrogens (tertiary/aromatic N) is 2. The number of carbonyl (C=O) groups is 1. The molecule has 1 aliphatic rings. The van der Waals surface area contributed by atoms with E-state index in [9.17, 15) is 13.2 Å². The fraction of sp³-hybridized carbons (Fsp3) is 0.286. The Labute approximate surface area is 178 Å². The molecule has 1 aliphatic heterocycles. The predicted molar refractivity (Wildman–Crippen MR) is 114 cm³/mol. The second-order valence-corrected chi connectivity index (χ2v) is 10.1. The molecule has 2 heterocycles. The summed E-state index contributed by atoms with van der Waals surface area (Å²) >= 11 is 3.41. The molecule has 1 aromatic heterocycles. The third-order valence-corrected chi connectivity index (χ3v) is 7.71. The van der Waals surface area contributed by atoms with Gasteiger partial charge in [-0.25, -0.2) is 8.42 Å². The van der Waals surface area contributed by atoms with E-state index in [1.54, 1.807) is 24.0 Å². The first-order chi connectivity index (χ1) is 13.8. The molecule has 0 saturated carbocycles. The molecule has 152 valence electrons. The van der Waals surface area contributed by atoms with Crippen molar-refractivity contribution in [2.24, 2.45) is 0 Å². The van der Waals surface area contributed by atoms with Gasteiger partial charge in [-0.3, -0.25) is 4.79 Å². The lowest BCUT2D eigenvalue weighted by Gasteiger charge is -2.33. The van der Waals surface area contributed by atoms with Gasteiger partial charge < -0.3 is 9.32 Å². The SMILES string of the molecule is Cc1ccc(C)c(S(=O)(=O)N2CCN(C(=O)c3cc4cc(Br)ccc4o3)CC2)c1. The van der Waals surface area contributed by atoms with Crippen LogP contribution in [0.15, 0.2) is 56.2 Å². The van der Waals surface area contributed by atoms with Gasteiger partial charge >= 0.3 is 0 Å². The van der Waals surface area contributed by atoms with Gasteiger partial charge in [-0.1, -0.05) is 28.1 Å². The number of hydrogen-bond donors (Lipinski definition) is 0. The molecule has 0 spiro atoms. The van der Waals surface area contributed by atoms with Crippen molar-refractivity contribution >= 4 is 42.8 Å². The molecule has 6 nitrogen and oxygen atoms in total. The van der Waals surface area contributed by atoms with Crippen LogP contribution in [0.4, 0.5) is 0 Å². The Balaban J connectivity index is 1.49. The molecule has 8 heteroatoms. The van der Waals surface area contributed by atoms with Crippen molar-refractivity contribution < 1.29 is 17.6 Å². The molecule has 0 unspecified atom stereocenters. The Bertz CT molecular complexity index is 1190. The summed E-state index contributed by atoms with van der Waals surface area (Å²) in [7, 11) is -3.59. The van der Waals surface area contributed by atoms with Crippen LogP contribution in [-0.4, -0.2) is 49.7 Å². The minimum absolute atomic E-state index is 0.221. The molecule has 0 atom stereocenters. The highest BCUT2D eigenvalue weighted by molar-refractivity contribution is 9.10. The van der Waals surface area contributed by atoms with Crippen molar-refractivity contribution in [2.75, 3.05) is 26.2 Å². The third-order valence-electron chi connectivity index (χ3n) is 5.18. The zero-order valence-corrected chi connectivity index (χ0v) is 18.6. The van der Waals surface area contributed by atoms with Crippen molar-refractivity contribution in [1.29, 1.82) is 0 Å². The minimum atomic E-state index is -3.59. The molecule has 3 aromatic rings. The van der Waals surface area contributed by atoms with Crippen LogP contribution in [-0.2, 0) is 10.0 Å². The van der Waals surface area contributed by atoms with Gasteiger partial charge in [-0.15, -0.1) is 0 Å². The monoisotopic (exact) mass is 476 g/mol. The third kappa shape index (κ3) is 3.84. The zero-order chi connectivity index (χ0) is 20.8. The van der Waals surface area contributed by atoms with E-state index in [1.165, 1.54) is 4.31 Å². The van der Waals surface area contributed by atoms with Crippen molar-refractivity contribution in [3.8, 4) is 0 Å². The average molecular weight is 477 g/mol. The summed E-state index contributed by atoms with van der Waals surface area (Å²) in [5.41, 5.74) is 2.27. The molecule has 0 aliphatic carbocycles. The summed E-state index contributed by atoms with van der Waals surface area (Å²) < 4.78 is 34.2. The van der Waals surface area contributed by atoms with Gasteiger partial charge in [0.05, 0.1) is 4.90 Å². The number of piperazine rings is 1. The lowest BCUT2D eigenvalue weighted by atomic mass is 10.2. The molecule has 4 rings (SSSR count). The number of hydrogen-bond acceptors (Lipinski definition) is 4. The van der Waals surface area contributed by atoms with Crippen LogP contribution >= 0.6 is 15.9 Å². The Hall–Kier alpha value is -2.16. The summed E-state index contributed by atoms with van der Waals surface area (Å²) in [5, 5.41) is 0.846. The van der Waals surface area contributed by atoms with E-state index in [2.05, 4.69) is 15.9 Å². The van der Waals surface area contributed by atoms with Crippen LogP contribution in [0.1, 0.15) is 21.7 Å². The number of amides is 1. The van der Waals surface area contributed by atoms with Crippen LogP contribution in [0.25, 0.3) is 11.0 Å². The number of aryl methyl sites for hydroxylation is 2. The smallest absolute Gasteiger partial charge is 0.289 e. The van der Waals surface area contributed by atoms with E-state index in [1.807, 2.05) is 37.3 Å². The zero-order valence-electron chi connectivity index (χ0n) is 16.2. The normalized spacial score (nSPS) is 15.8. The molecular weight excluding hydrogens is 456 g/mol. The van der Waals surface area contributed by atoms with E-state index in [0.717, 1.165) is 21.0 Å². The van der Waals surface area contributed by atoms with Gasteiger partial charge in [-0.05, 0) is 55.3 Å². The number of benzene rings is 2. The second-order valence-electron chi connectivity index (χ2n) is 7.26. The van der Waals surface area contributed by atoms with E-state index >= 15 is 0 Å². The molecule has 1 saturated heterocycles. The van der Waals surface area contributed by atoms with Gasteiger partial charge in [0.15, 0.2) is 5.76 Å². The van der Waals surface area contributed by atoms with Gasteiger partial charge in [-0.2, -0.15) is 4.31 Å². The van der Waals surface area contributed by atoms with Crippen molar-refractivity contribution in [3.05, 3.63) is 63.8 Å². The summed E-state index contributed by atoms with van der Waals surface area (Å²) in [6, 6.07) is 12.7. The van der Waals surface area contributed by atoms with Crippen molar-refractivity contribution in [1.82, 2.24) is 9.21 Å². The van der Waals surface area contributed by atoms with E-state index in [-0.39, 0.29) is 24.8 Å². The number of furan rings is 1. The largest absolute Gasteiger partial charge is 0.451 e. The Morgan fingerprint density at radius 2 is 1.72 bits per heavy atom. The maximum absolute atomic E-state index is 13.1. The topological polar surface area (TPSA) is 70.8 Å². The van der Waals surface area contributed by atoms with Crippen LogP contribution in [0.5, 0.6) is 0 Å². The standard InChI is InChI=1S/C21H21BrN2O4S/c1-14-3-4-15(2)20(11-14)29(26,27)24-9-7-23(8-10-24)21(25)19-13-16-12-17(22)5-6-18(16)28-19/h3-6,11-13H,7-10H2,1-2H3. The predicted octanol–water partition coefficient (Wildman–Crippen LogP) is 3.96. The molecule has 0 bridgehead atoms. The van der Waals surface area contributed by atoms with Gasteiger partial charge in [0.2, 0.25) is 10.0 Å². The van der Waals surface area contributed by atoms with Crippen molar-refractivity contribution in [2.45, 2.75) is 18.7 Å². The fourth-order valence-electron chi connectivity index (χ4n) is 3.53. The summed E-state index contributed by atoms with van der Waals surface area (Å²) in [5.74, 6) is 0.0463. The van der Waals surface area contributed by atoms with Crippen LogP contribution in [0, 0.1) is 13.8 Å². The van der Waals surface area contributed by atoms with Crippen LogP contribution in [0.3, 0.4) is 0 Å². The molecule has 2 aromatic carbocycles. The van der Waals surface area contributed by atoms with Crippen LogP contribution in [0.2, 0.25) is 0 Å². The number of fused-ring (bicyclic) bond motifs is 1. The summed E-state index contributed by atoms with van der Waals surface area (Å²) in [6.45, 7) is 4.83. The van der Waals surface area contributed by atoms with Gasteiger partial charge in [0.25, 0.3) is 5.91 Å². The quantitative estimate of drug-likeness (QED) is 0.573. The number of carbonyl (C=O) groups excluding carboxylic acids is 1. The highest BCUT2D eigenvalue weighted by Gasteiger charge is 2.32. The lowest BCUT2D eigenvalue weighted by Crippen LogP contribution is -2.50. The van der Waals surface area contributed by atoms with Gasteiger partial charge in [0, 0.05) is 36.0 Å². The maximum atomic E-state index is 13.1. The first-order valence-corrected chi connectivity index (χ1v) is 11.5. The van der Waals surface area contributed by atoms with Crippen molar-refractivity contribution in [3.63, 3.8) is 0 Å². The average Bonchev–Trinajstić information content (AvgIpc) is 3.12. The number of rotatable bonds is 3. The Morgan fingerprint density at radius 1 is 1.00 bits per heavy atom. The number of halogens is 1. The van der Waals surface area contributed by atoms with E-state index in [0.29, 0.717) is 23.6 Å². The Morgan fingerprint density at radius 3 is 2.45 bits per heavy atom.